The van der Waals surface area contributed by atoms with Crippen LogP contribution in [0.2, 0.25) is 10.0 Å². The average Bonchev–Trinajstić information content (AvgIpc) is 3.63. The number of amides is 1. The largest absolute Gasteiger partial charge is 0.489 e. The molecule has 1 N–H and O–H groups in total. The first-order valence-electron chi connectivity index (χ1n) is 12.2. The number of hydrogen-bond donors (Lipinski definition) is 1. The Balaban J connectivity index is 1.33. The van der Waals surface area contributed by atoms with Gasteiger partial charge in [0.25, 0.3) is 5.91 Å². The molecule has 182 valence electrons. The van der Waals surface area contributed by atoms with Gasteiger partial charge in [-0.25, -0.2) is 0 Å². The van der Waals surface area contributed by atoms with Gasteiger partial charge in [0.05, 0.1) is 11.7 Å². The number of nitrogens with one attached hydrogen (secondary N) is 1. The van der Waals surface area contributed by atoms with Gasteiger partial charge in [0.15, 0.2) is 0 Å². The Morgan fingerprint density at radius 1 is 0.889 bits per heavy atom. The van der Waals surface area contributed by atoms with Gasteiger partial charge >= 0.3 is 0 Å². The number of halogens is 2. The molecule has 0 spiro atoms. The zero-order valence-corrected chi connectivity index (χ0v) is 21.1. The summed E-state index contributed by atoms with van der Waals surface area (Å²) < 4.78 is 6.00. The van der Waals surface area contributed by atoms with Crippen molar-refractivity contribution in [2.45, 2.75) is 44.4 Å². The van der Waals surface area contributed by atoms with E-state index in [1.807, 2.05) is 60.7 Å². The number of H-pyrrole nitrogens is 1. The SMILES string of the molecule is O=C1c2[nH]nc(-c3ccc(Cl)cc3)c2C(c2ccc(OCc3ccc(Cl)cc3)cc2)N1C1CCCC1. The average molecular weight is 518 g/mol. The van der Waals surface area contributed by atoms with Crippen LogP contribution in [0.25, 0.3) is 11.3 Å². The van der Waals surface area contributed by atoms with E-state index >= 15 is 0 Å². The molecule has 6 rings (SSSR count). The lowest BCUT2D eigenvalue weighted by Gasteiger charge is -2.32. The molecular weight excluding hydrogens is 493 g/mol. The number of carbonyl (C=O) groups excluding carboxylic acids is 1. The number of aromatic nitrogens is 2. The summed E-state index contributed by atoms with van der Waals surface area (Å²) in [5.74, 6) is 0.800. The highest BCUT2D eigenvalue weighted by Crippen LogP contribution is 2.46. The van der Waals surface area contributed by atoms with Crippen molar-refractivity contribution in [2.75, 3.05) is 0 Å². The number of nitrogens with zero attached hydrogens (tertiary/aromatic N) is 2. The molecule has 1 atom stereocenters. The third-order valence-corrected chi connectivity index (χ3v) is 7.66. The molecule has 0 saturated heterocycles. The van der Waals surface area contributed by atoms with E-state index in [0.717, 1.165) is 59.4 Å². The van der Waals surface area contributed by atoms with E-state index in [9.17, 15) is 4.79 Å². The summed E-state index contributed by atoms with van der Waals surface area (Å²) in [5.41, 5.74) is 5.34. The van der Waals surface area contributed by atoms with Crippen LogP contribution in [0.1, 0.15) is 58.9 Å². The summed E-state index contributed by atoms with van der Waals surface area (Å²) in [6, 6.07) is 23.3. The van der Waals surface area contributed by atoms with E-state index in [1.54, 1.807) is 0 Å². The lowest BCUT2D eigenvalue weighted by molar-refractivity contribution is 0.0660. The van der Waals surface area contributed by atoms with Crippen molar-refractivity contribution in [1.29, 1.82) is 0 Å². The van der Waals surface area contributed by atoms with Crippen molar-refractivity contribution in [3.63, 3.8) is 0 Å². The predicted molar refractivity (Wildman–Crippen MR) is 142 cm³/mol. The molecule has 1 aliphatic heterocycles. The maximum atomic E-state index is 13.6. The van der Waals surface area contributed by atoms with Gasteiger partial charge in [-0.05, 0) is 60.4 Å². The summed E-state index contributed by atoms with van der Waals surface area (Å²) in [5, 5.41) is 8.98. The number of fused-ring (bicyclic) bond motifs is 1. The second-order valence-corrected chi connectivity index (χ2v) is 10.3. The third kappa shape index (κ3) is 4.27. The molecule has 2 aliphatic rings. The molecule has 1 unspecified atom stereocenters. The lowest BCUT2D eigenvalue weighted by Crippen LogP contribution is -2.37. The second kappa shape index (κ2) is 9.64. The smallest absolute Gasteiger partial charge is 0.273 e. The summed E-state index contributed by atoms with van der Waals surface area (Å²) in [6.07, 6.45) is 4.35. The predicted octanol–water partition coefficient (Wildman–Crippen LogP) is 7.45. The molecule has 5 nitrogen and oxygen atoms in total. The van der Waals surface area contributed by atoms with Crippen molar-refractivity contribution >= 4 is 29.1 Å². The highest BCUT2D eigenvalue weighted by molar-refractivity contribution is 6.30. The van der Waals surface area contributed by atoms with Crippen LogP contribution < -0.4 is 4.74 Å². The highest BCUT2D eigenvalue weighted by atomic mass is 35.5. The van der Waals surface area contributed by atoms with Crippen molar-refractivity contribution < 1.29 is 9.53 Å². The van der Waals surface area contributed by atoms with Crippen molar-refractivity contribution in [1.82, 2.24) is 15.1 Å². The van der Waals surface area contributed by atoms with Gasteiger partial charge in [0.2, 0.25) is 0 Å². The first kappa shape index (κ1) is 23.1. The summed E-state index contributed by atoms with van der Waals surface area (Å²) >= 11 is 12.1. The Morgan fingerprint density at radius 2 is 1.53 bits per heavy atom. The first-order valence-corrected chi connectivity index (χ1v) is 13.0. The minimum atomic E-state index is -0.203. The number of ether oxygens (including phenoxy) is 1. The molecule has 2 heterocycles. The molecular formula is C29H25Cl2N3O2. The van der Waals surface area contributed by atoms with Crippen molar-refractivity contribution in [2.24, 2.45) is 0 Å². The molecule has 4 aromatic rings. The minimum Gasteiger partial charge on any atom is -0.489 e. The van der Waals surface area contributed by atoms with Crippen LogP contribution in [0.4, 0.5) is 0 Å². The van der Waals surface area contributed by atoms with Gasteiger partial charge in [-0.2, -0.15) is 5.10 Å². The lowest BCUT2D eigenvalue weighted by atomic mass is 9.95. The van der Waals surface area contributed by atoms with Crippen molar-refractivity contribution in [3.05, 3.63) is 105 Å². The summed E-state index contributed by atoms with van der Waals surface area (Å²) in [4.78, 5) is 15.7. The molecule has 7 heteroatoms. The van der Waals surface area contributed by atoms with E-state index in [0.29, 0.717) is 22.3 Å². The maximum Gasteiger partial charge on any atom is 0.273 e. The Labute approximate surface area is 220 Å². The number of hydrogen-bond acceptors (Lipinski definition) is 3. The van der Waals surface area contributed by atoms with Gasteiger partial charge in [0.1, 0.15) is 18.1 Å². The third-order valence-electron chi connectivity index (χ3n) is 7.15. The topological polar surface area (TPSA) is 58.2 Å². The van der Waals surface area contributed by atoms with Gasteiger partial charge in [-0.1, -0.05) is 72.4 Å². The fraction of sp³-hybridized carbons (Fsp3) is 0.241. The first-order chi connectivity index (χ1) is 17.6. The zero-order chi connectivity index (χ0) is 24.6. The Morgan fingerprint density at radius 3 is 2.19 bits per heavy atom. The van der Waals surface area contributed by atoms with Crippen LogP contribution in [0.3, 0.4) is 0 Å². The van der Waals surface area contributed by atoms with Crippen LogP contribution in [0, 0.1) is 0 Å². The normalized spacial score (nSPS) is 17.6. The zero-order valence-electron chi connectivity index (χ0n) is 19.6. The molecule has 1 aliphatic carbocycles. The quantitative estimate of drug-likeness (QED) is 0.288. The number of carbonyl (C=O) groups is 1. The Hall–Kier alpha value is -3.28. The Kier molecular flexibility index (Phi) is 6.20. The van der Waals surface area contributed by atoms with Gasteiger partial charge in [-0.15, -0.1) is 0 Å². The highest BCUT2D eigenvalue weighted by Gasteiger charge is 2.45. The number of aromatic amines is 1. The monoisotopic (exact) mass is 517 g/mol. The molecule has 1 amide bonds. The second-order valence-electron chi connectivity index (χ2n) is 9.41. The molecule has 1 aromatic heterocycles. The molecule has 36 heavy (non-hydrogen) atoms. The standard InChI is InChI=1S/C29H25Cl2N3O2/c30-21-11-5-18(6-12-21)17-36-24-15-9-20(10-16-24)28-25-26(19-7-13-22(31)14-8-19)32-33-27(25)29(35)34(28)23-3-1-2-4-23/h5-16,23,28H,1-4,17H2,(H,32,33). The maximum absolute atomic E-state index is 13.6. The van der Waals surface area contributed by atoms with Crippen LogP contribution in [-0.4, -0.2) is 27.0 Å². The fourth-order valence-electron chi connectivity index (χ4n) is 5.37. The molecule has 3 aromatic carbocycles. The number of benzene rings is 3. The van der Waals surface area contributed by atoms with Crippen LogP contribution in [0.15, 0.2) is 72.8 Å². The van der Waals surface area contributed by atoms with Gasteiger partial charge in [0, 0.05) is 27.2 Å². The fourth-order valence-corrected chi connectivity index (χ4v) is 5.63. The van der Waals surface area contributed by atoms with Gasteiger partial charge < -0.3 is 9.64 Å². The molecule has 1 fully saturated rings. The Bertz CT molecular complexity index is 1380. The number of rotatable bonds is 6. The van der Waals surface area contributed by atoms with E-state index in [4.69, 9.17) is 27.9 Å². The van der Waals surface area contributed by atoms with Crippen LogP contribution in [-0.2, 0) is 6.61 Å². The van der Waals surface area contributed by atoms with E-state index < -0.39 is 0 Å². The minimum absolute atomic E-state index is 0.0256. The molecule has 1 saturated carbocycles. The van der Waals surface area contributed by atoms with Crippen LogP contribution in [0.5, 0.6) is 5.75 Å². The van der Waals surface area contributed by atoms with Crippen LogP contribution >= 0.6 is 23.2 Å². The molecule has 0 bridgehead atoms. The van der Waals surface area contributed by atoms with Gasteiger partial charge in [-0.3, -0.25) is 9.89 Å². The summed E-state index contributed by atoms with van der Waals surface area (Å²) in [7, 11) is 0. The van der Waals surface area contributed by atoms with Crippen molar-refractivity contribution in [3.8, 4) is 17.0 Å². The molecule has 0 radical (unpaired) electrons. The van der Waals surface area contributed by atoms with E-state index in [2.05, 4.69) is 27.2 Å². The van der Waals surface area contributed by atoms with E-state index in [1.165, 1.54) is 0 Å². The summed E-state index contributed by atoms with van der Waals surface area (Å²) in [6.45, 7) is 0.458. The van der Waals surface area contributed by atoms with E-state index in [-0.39, 0.29) is 18.0 Å².